The molecule has 1 aromatic heterocycles. The van der Waals surface area contributed by atoms with Gasteiger partial charge >= 0.3 is 0 Å². The molecule has 8 nitrogen and oxygen atoms in total. The van der Waals surface area contributed by atoms with Crippen LogP contribution in [0.25, 0.3) is 11.4 Å². The maximum Gasteiger partial charge on any atom is 0.234 e. The molecule has 3 heterocycles. The lowest BCUT2D eigenvalue weighted by molar-refractivity contribution is -0.120. The van der Waals surface area contributed by atoms with Gasteiger partial charge in [0.15, 0.2) is 17.3 Å². The number of fused-ring (bicyclic) bond motifs is 1. The molecule has 37 heavy (non-hydrogen) atoms. The van der Waals surface area contributed by atoms with Gasteiger partial charge in [-0.3, -0.25) is 9.59 Å². The molecule has 9 heteroatoms. The Morgan fingerprint density at radius 1 is 1.11 bits per heavy atom. The van der Waals surface area contributed by atoms with Crippen LogP contribution in [0.1, 0.15) is 36.2 Å². The van der Waals surface area contributed by atoms with Crippen LogP contribution in [-0.4, -0.2) is 48.0 Å². The van der Waals surface area contributed by atoms with Crippen LogP contribution in [0.4, 0.5) is 15.9 Å². The van der Waals surface area contributed by atoms with Crippen molar-refractivity contribution in [2.75, 3.05) is 36.5 Å². The molecule has 5 rings (SSSR count). The van der Waals surface area contributed by atoms with Gasteiger partial charge in [-0.05, 0) is 36.6 Å². The molecule has 0 aliphatic carbocycles. The molecule has 1 fully saturated rings. The predicted molar refractivity (Wildman–Crippen MR) is 136 cm³/mol. The first kappa shape index (κ1) is 24.5. The van der Waals surface area contributed by atoms with Crippen LogP contribution < -0.4 is 10.2 Å². The van der Waals surface area contributed by atoms with E-state index in [4.69, 9.17) is 4.74 Å². The molecule has 0 bridgehead atoms. The van der Waals surface area contributed by atoms with Gasteiger partial charge < -0.3 is 15.0 Å². The number of halogens is 1. The predicted octanol–water partition coefficient (Wildman–Crippen LogP) is 3.57. The molecule has 0 atom stereocenters. The minimum absolute atomic E-state index is 0.0377. The summed E-state index contributed by atoms with van der Waals surface area (Å²) in [5.74, 6) is -0.394. The van der Waals surface area contributed by atoms with E-state index in [1.807, 2.05) is 50.2 Å². The summed E-state index contributed by atoms with van der Waals surface area (Å²) in [4.78, 5) is 35.2. The molecule has 1 N–H and O–H groups in total. The van der Waals surface area contributed by atoms with Crippen LogP contribution in [0.5, 0.6) is 0 Å². The highest BCUT2D eigenvalue weighted by molar-refractivity contribution is 6.05. The third-order valence-electron chi connectivity index (χ3n) is 6.84. The summed E-state index contributed by atoms with van der Waals surface area (Å²) in [6, 6.07) is 14.7. The quantitative estimate of drug-likeness (QED) is 0.552. The Bertz CT molecular complexity index is 1420. The number of morpholine rings is 1. The number of amides is 1. The first-order chi connectivity index (χ1) is 17.8. The Morgan fingerprint density at radius 3 is 2.49 bits per heavy atom. The number of carbonyl (C=O) groups is 2. The fourth-order valence-corrected chi connectivity index (χ4v) is 4.66. The second kappa shape index (κ2) is 9.71. The molecule has 0 unspecified atom stereocenters. The van der Waals surface area contributed by atoms with Crippen molar-refractivity contribution in [3.63, 3.8) is 0 Å². The first-order valence-electron chi connectivity index (χ1n) is 12.1. The molecule has 2 aromatic carbocycles. The fraction of sp³-hybridized carbons (Fsp3) is 0.321. The number of anilines is 2. The van der Waals surface area contributed by atoms with Crippen LogP contribution >= 0.6 is 0 Å². The van der Waals surface area contributed by atoms with Crippen LogP contribution in [0.15, 0.2) is 42.5 Å². The van der Waals surface area contributed by atoms with Gasteiger partial charge in [0.2, 0.25) is 11.7 Å². The van der Waals surface area contributed by atoms with Crippen molar-refractivity contribution >= 4 is 23.2 Å². The molecule has 0 radical (unpaired) electrons. The average Bonchev–Trinajstić information content (AvgIpc) is 3.12. The standard InChI is InChI=1S/C28H26FN5O3/c1-28(2)21-8-5-18(15-22(21)32-27(28)36)14-20(35)13-17-3-6-19(7-4-17)25-31-23(16-30)24(29)26(33-25)34-9-11-37-12-10-34/h3-8,15H,9-14H2,1-2H3,(H,32,36). The summed E-state index contributed by atoms with van der Waals surface area (Å²) < 4.78 is 20.1. The van der Waals surface area contributed by atoms with E-state index in [9.17, 15) is 19.2 Å². The molecule has 188 valence electrons. The Labute approximate surface area is 214 Å². The second-order valence-corrected chi connectivity index (χ2v) is 9.79. The zero-order valence-electron chi connectivity index (χ0n) is 20.7. The monoisotopic (exact) mass is 499 g/mol. The van der Waals surface area contributed by atoms with Crippen LogP contribution in [0, 0.1) is 17.1 Å². The van der Waals surface area contributed by atoms with Gasteiger partial charge in [0, 0.05) is 37.2 Å². The number of nitriles is 1. The highest BCUT2D eigenvalue weighted by Crippen LogP contribution is 2.37. The number of carbonyl (C=O) groups excluding carboxylic acids is 2. The van der Waals surface area contributed by atoms with Gasteiger partial charge in [0.05, 0.1) is 18.6 Å². The van der Waals surface area contributed by atoms with E-state index in [2.05, 4.69) is 15.3 Å². The van der Waals surface area contributed by atoms with E-state index in [0.29, 0.717) is 31.9 Å². The van der Waals surface area contributed by atoms with Gasteiger partial charge in [-0.2, -0.15) is 9.65 Å². The van der Waals surface area contributed by atoms with Crippen molar-refractivity contribution in [2.24, 2.45) is 0 Å². The smallest absolute Gasteiger partial charge is 0.234 e. The SMILES string of the molecule is CC1(C)C(=O)Nc2cc(CC(=O)Cc3ccc(-c4nc(C#N)c(F)c(N5CCOCC5)n4)cc3)ccc21. The normalized spacial score (nSPS) is 16.2. The van der Waals surface area contributed by atoms with Crippen molar-refractivity contribution in [3.05, 3.63) is 70.7 Å². The number of ether oxygens (including phenoxy) is 1. The highest BCUT2D eigenvalue weighted by Gasteiger charge is 2.38. The summed E-state index contributed by atoms with van der Waals surface area (Å²) in [6.07, 6.45) is 0.489. The number of rotatable bonds is 6. The van der Waals surface area contributed by atoms with E-state index in [1.54, 1.807) is 17.0 Å². The number of Topliss-reactive ketones (excluding diaryl/α,β-unsaturated/α-hetero) is 1. The summed E-state index contributed by atoms with van der Waals surface area (Å²) >= 11 is 0. The molecule has 1 amide bonds. The van der Waals surface area contributed by atoms with Gasteiger partial charge in [-0.1, -0.05) is 36.4 Å². The largest absolute Gasteiger partial charge is 0.378 e. The number of aromatic nitrogens is 2. The molecule has 2 aliphatic heterocycles. The molecule has 0 spiro atoms. The van der Waals surface area contributed by atoms with Crippen LogP contribution in [-0.2, 0) is 32.6 Å². The van der Waals surface area contributed by atoms with Gasteiger partial charge in [-0.25, -0.2) is 9.97 Å². The zero-order chi connectivity index (χ0) is 26.2. The van der Waals surface area contributed by atoms with Gasteiger partial charge in [-0.15, -0.1) is 0 Å². The highest BCUT2D eigenvalue weighted by atomic mass is 19.1. The molecule has 3 aromatic rings. The minimum atomic E-state index is -0.731. The number of ketones is 1. The van der Waals surface area contributed by atoms with E-state index < -0.39 is 11.2 Å². The van der Waals surface area contributed by atoms with Crippen LogP contribution in [0.3, 0.4) is 0 Å². The Balaban J connectivity index is 1.30. The van der Waals surface area contributed by atoms with Gasteiger partial charge in [0.25, 0.3) is 0 Å². The zero-order valence-corrected chi connectivity index (χ0v) is 20.7. The van der Waals surface area contributed by atoms with Gasteiger partial charge in [0.1, 0.15) is 11.9 Å². The third-order valence-corrected chi connectivity index (χ3v) is 6.84. The van der Waals surface area contributed by atoms with Crippen LogP contribution in [0.2, 0.25) is 0 Å². The molecular weight excluding hydrogens is 473 g/mol. The van der Waals surface area contributed by atoms with E-state index in [0.717, 1.165) is 22.4 Å². The topological polar surface area (TPSA) is 108 Å². The lowest BCUT2D eigenvalue weighted by Crippen LogP contribution is -2.37. The lowest BCUT2D eigenvalue weighted by atomic mass is 9.85. The second-order valence-electron chi connectivity index (χ2n) is 9.79. The molecule has 0 saturated carbocycles. The van der Waals surface area contributed by atoms with E-state index in [1.165, 1.54) is 0 Å². The number of hydrogen-bond acceptors (Lipinski definition) is 7. The third kappa shape index (κ3) is 4.80. The van der Waals surface area contributed by atoms with Crippen molar-refractivity contribution in [1.82, 2.24) is 9.97 Å². The average molecular weight is 500 g/mol. The summed E-state index contributed by atoms with van der Waals surface area (Å²) in [6.45, 7) is 5.64. The first-order valence-corrected chi connectivity index (χ1v) is 12.1. The number of nitrogens with zero attached hydrogens (tertiary/aromatic N) is 4. The van der Waals surface area contributed by atoms with Crippen molar-refractivity contribution in [1.29, 1.82) is 5.26 Å². The minimum Gasteiger partial charge on any atom is -0.378 e. The Kier molecular flexibility index (Phi) is 6.44. The fourth-order valence-electron chi connectivity index (χ4n) is 4.66. The Morgan fingerprint density at radius 2 is 1.78 bits per heavy atom. The number of benzene rings is 2. The number of nitrogens with one attached hydrogen (secondary N) is 1. The summed E-state index contributed by atoms with van der Waals surface area (Å²) in [5, 5.41) is 12.3. The Hall–Kier alpha value is -4.16. The summed E-state index contributed by atoms with van der Waals surface area (Å²) in [5.41, 5.74) is 3.10. The maximum atomic E-state index is 14.8. The summed E-state index contributed by atoms with van der Waals surface area (Å²) in [7, 11) is 0. The lowest BCUT2D eigenvalue weighted by Gasteiger charge is -2.28. The molecule has 2 aliphatic rings. The molecule has 1 saturated heterocycles. The number of hydrogen-bond donors (Lipinski definition) is 1. The van der Waals surface area contributed by atoms with Crippen molar-refractivity contribution < 1.29 is 18.7 Å². The van der Waals surface area contributed by atoms with E-state index in [-0.39, 0.29) is 41.9 Å². The van der Waals surface area contributed by atoms with E-state index >= 15 is 0 Å². The van der Waals surface area contributed by atoms with Crippen molar-refractivity contribution in [2.45, 2.75) is 32.1 Å². The van der Waals surface area contributed by atoms with Crippen molar-refractivity contribution in [3.8, 4) is 17.5 Å². The molecular formula is C28H26FN5O3. The maximum absolute atomic E-state index is 14.8.